The van der Waals surface area contributed by atoms with Gasteiger partial charge in [0.2, 0.25) is 0 Å². The van der Waals surface area contributed by atoms with Crippen LogP contribution in [0.15, 0.2) is 60.8 Å². The lowest BCUT2D eigenvalue weighted by Gasteiger charge is -2.38. The minimum Gasteiger partial charge on any atom is -0.368 e. The Labute approximate surface area is 202 Å². The van der Waals surface area contributed by atoms with Gasteiger partial charge in [0, 0.05) is 56.7 Å². The van der Waals surface area contributed by atoms with Crippen LogP contribution >= 0.6 is 0 Å². The molecular formula is C28H33N5O. The third-order valence-corrected chi connectivity index (χ3v) is 7.14. The Morgan fingerprint density at radius 1 is 0.853 bits per heavy atom. The first kappa shape index (κ1) is 22.4. The first-order valence-electron chi connectivity index (χ1n) is 12.4. The maximum atomic E-state index is 13.6. The van der Waals surface area contributed by atoms with Gasteiger partial charge < -0.3 is 14.7 Å². The lowest BCUT2D eigenvalue weighted by molar-refractivity contribution is 0.0697. The normalized spacial score (nSPS) is 17.2. The quantitative estimate of drug-likeness (QED) is 0.573. The van der Waals surface area contributed by atoms with Crippen molar-refractivity contribution in [1.29, 1.82) is 0 Å². The summed E-state index contributed by atoms with van der Waals surface area (Å²) in [6.45, 7) is 9.46. The number of aryl methyl sites for hydroxylation is 1. The van der Waals surface area contributed by atoms with E-state index in [0.29, 0.717) is 17.3 Å². The fourth-order valence-corrected chi connectivity index (χ4v) is 4.95. The van der Waals surface area contributed by atoms with Crippen molar-refractivity contribution in [2.45, 2.75) is 26.7 Å². The van der Waals surface area contributed by atoms with Crippen LogP contribution in [0.2, 0.25) is 0 Å². The fourth-order valence-electron chi connectivity index (χ4n) is 4.95. The van der Waals surface area contributed by atoms with E-state index in [9.17, 15) is 4.79 Å². The van der Waals surface area contributed by atoms with Gasteiger partial charge in [-0.2, -0.15) is 0 Å². The van der Waals surface area contributed by atoms with Gasteiger partial charge in [0.1, 0.15) is 11.4 Å². The van der Waals surface area contributed by atoms with Crippen LogP contribution in [0.25, 0.3) is 11.4 Å². The maximum absolute atomic E-state index is 13.6. The zero-order valence-electron chi connectivity index (χ0n) is 20.2. The summed E-state index contributed by atoms with van der Waals surface area (Å²) in [5, 5.41) is 0. The number of aromatic nitrogens is 2. The summed E-state index contributed by atoms with van der Waals surface area (Å²) in [6.07, 6.45) is 3.86. The Morgan fingerprint density at radius 3 is 2.21 bits per heavy atom. The van der Waals surface area contributed by atoms with Crippen LogP contribution in [-0.2, 0) is 0 Å². The third kappa shape index (κ3) is 4.63. The van der Waals surface area contributed by atoms with E-state index in [0.717, 1.165) is 63.5 Å². The summed E-state index contributed by atoms with van der Waals surface area (Å²) < 4.78 is 0. The van der Waals surface area contributed by atoms with E-state index in [1.807, 2.05) is 35.2 Å². The van der Waals surface area contributed by atoms with Crippen LogP contribution in [0.3, 0.4) is 0 Å². The average molecular weight is 456 g/mol. The highest BCUT2D eigenvalue weighted by molar-refractivity contribution is 5.99. The van der Waals surface area contributed by atoms with Gasteiger partial charge in [0.15, 0.2) is 5.82 Å². The summed E-state index contributed by atoms with van der Waals surface area (Å²) in [5.41, 5.74) is 4.17. The number of nitrogens with zero attached hydrogens (tertiary/aromatic N) is 5. The number of benzene rings is 2. The van der Waals surface area contributed by atoms with Gasteiger partial charge in [-0.25, -0.2) is 9.97 Å². The van der Waals surface area contributed by atoms with Crippen molar-refractivity contribution in [2.24, 2.45) is 5.92 Å². The number of piperidine rings is 1. The fraction of sp³-hybridized carbons (Fsp3) is 0.393. The van der Waals surface area contributed by atoms with Crippen molar-refractivity contribution in [3.05, 3.63) is 71.9 Å². The first-order valence-corrected chi connectivity index (χ1v) is 12.4. The van der Waals surface area contributed by atoms with E-state index in [4.69, 9.17) is 4.98 Å². The Hall–Kier alpha value is -3.41. The zero-order valence-corrected chi connectivity index (χ0v) is 20.2. The highest BCUT2D eigenvalue weighted by Gasteiger charge is 2.28. The van der Waals surface area contributed by atoms with Crippen LogP contribution in [0, 0.1) is 12.8 Å². The van der Waals surface area contributed by atoms with Gasteiger partial charge in [0.25, 0.3) is 5.91 Å². The van der Waals surface area contributed by atoms with Crippen LogP contribution in [-0.4, -0.2) is 60.0 Å². The molecule has 6 nitrogen and oxygen atoms in total. The molecule has 2 aromatic carbocycles. The first-order chi connectivity index (χ1) is 16.6. The topological polar surface area (TPSA) is 52.6 Å². The second-order valence-corrected chi connectivity index (χ2v) is 9.53. The van der Waals surface area contributed by atoms with Gasteiger partial charge in [-0.05, 0) is 37.3 Å². The van der Waals surface area contributed by atoms with E-state index in [2.05, 4.69) is 52.9 Å². The molecule has 0 spiro atoms. The number of hydrogen-bond donors (Lipinski definition) is 0. The number of anilines is 2. The lowest BCUT2D eigenvalue weighted by Crippen LogP contribution is -2.48. The van der Waals surface area contributed by atoms with E-state index >= 15 is 0 Å². The molecule has 34 heavy (non-hydrogen) atoms. The molecule has 5 rings (SSSR count). The van der Waals surface area contributed by atoms with E-state index in [1.165, 1.54) is 11.3 Å². The Morgan fingerprint density at radius 2 is 1.50 bits per heavy atom. The van der Waals surface area contributed by atoms with Crippen molar-refractivity contribution >= 4 is 17.4 Å². The molecule has 0 N–H and O–H groups in total. The third-order valence-electron chi connectivity index (χ3n) is 7.14. The van der Waals surface area contributed by atoms with Crippen LogP contribution in [0.4, 0.5) is 11.5 Å². The van der Waals surface area contributed by atoms with Crippen LogP contribution < -0.4 is 9.80 Å². The monoisotopic (exact) mass is 455 g/mol. The number of piperazine rings is 1. The molecule has 2 fully saturated rings. The summed E-state index contributed by atoms with van der Waals surface area (Å²) in [7, 11) is 0. The SMILES string of the molecule is Cc1ccccc1N1CCN(c2nc(-c3ccccc3)ncc2C(=O)N2CCC(C)CC2)CC1. The van der Waals surface area contributed by atoms with E-state index in [-0.39, 0.29) is 5.91 Å². The minimum absolute atomic E-state index is 0.0582. The van der Waals surface area contributed by atoms with E-state index in [1.54, 1.807) is 6.20 Å². The lowest BCUT2D eigenvalue weighted by atomic mass is 9.99. The number of hydrogen-bond acceptors (Lipinski definition) is 5. The number of amides is 1. The summed E-state index contributed by atoms with van der Waals surface area (Å²) in [6, 6.07) is 18.5. The highest BCUT2D eigenvalue weighted by Crippen LogP contribution is 2.28. The van der Waals surface area contributed by atoms with Gasteiger partial charge in [0.05, 0.1) is 0 Å². The van der Waals surface area contributed by atoms with Gasteiger partial charge in [-0.1, -0.05) is 55.5 Å². The molecular weight excluding hydrogens is 422 g/mol. The smallest absolute Gasteiger partial charge is 0.259 e. The molecule has 6 heteroatoms. The average Bonchev–Trinajstić information content (AvgIpc) is 2.89. The van der Waals surface area contributed by atoms with Crippen LogP contribution in [0.1, 0.15) is 35.7 Å². The predicted molar refractivity (Wildman–Crippen MR) is 137 cm³/mol. The van der Waals surface area contributed by atoms with Crippen molar-refractivity contribution in [2.75, 3.05) is 49.1 Å². The highest BCUT2D eigenvalue weighted by atomic mass is 16.2. The molecule has 2 aliphatic heterocycles. The molecule has 0 atom stereocenters. The number of likely N-dealkylation sites (tertiary alicyclic amines) is 1. The number of para-hydroxylation sites is 1. The molecule has 1 amide bonds. The molecule has 0 bridgehead atoms. The van der Waals surface area contributed by atoms with Crippen molar-refractivity contribution < 1.29 is 4.79 Å². The largest absolute Gasteiger partial charge is 0.368 e. The Bertz CT molecular complexity index is 1130. The predicted octanol–water partition coefficient (Wildman–Crippen LogP) is 4.65. The molecule has 0 saturated carbocycles. The van der Waals surface area contributed by atoms with Gasteiger partial charge >= 0.3 is 0 Å². The van der Waals surface area contributed by atoms with Gasteiger partial charge in [-0.15, -0.1) is 0 Å². The summed E-state index contributed by atoms with van der Waals surface area (Å²) >= 11 is 0. The Balaban J connectivity index is 1.43. The van der Waals surface area contributed by atoms with Crippen LogP contribution in [0.5, 0.6) is 0 Å². The molecule has 0 unspecified atom stereocenters. The Kier molecular flexibility index (Phi) is 6.48. The number of carbonyl (C=O) groups is 1. The van der Waals surface area contributed by atoms with Gasteiger partial charge in [-0.3, -0.25) is 4.79 Å². The molecule has 3 heterocycles. The standard InChI is InChI=1S/C28H33N5O/c1-21-12-14-33(15-13-21)28(34)24-20-29-26(23-9-4-3-5-10-23)30-27(24)32-18-16-31(17-19-32)25-11-7-6-8-22(25)2/h3-11,20-21H,12-19H2,1-2H3. The van der Waals surface area contributed by atoms with E-state index < -0.39 is 0 Å². The number of carbonyl (C=O) groups excluding carboxylic acids is 1. The molecule has 176 valence electrons. The molecule has 2 saturated heterocycles. The van der Waals surface area contributed by atoms with Crippen molar-refractivity contribution in [1.82, 2.24) is 14.9 Å². The zero-order chi connectivity index (χ0) is 23.5. The summed E-state index contributed by atoms with van der Waals surface area (Å²) in [4.78, 5) is 29.8. The second-order valence-electron chi connectivity index (χ2n) is 9.53. The molecule has 3 aromatic rings. The molecule has 0 radical (unpaired) electrons. The summed E-state index contributed by atoms with van der Waals surface area (Å²) in [5.74, 6) is 2.17. The second kappa shape index (κ2) is 9.84. The molecule has 1 aromatic heterocycles. The molecule has 0 aliphatic carbocycles. The number of rotatable bonds is 4. The van der Waals surface area contributed by atoms with Crippen molar-refractivity contribution in [3.63, 3.8) is 0 Å². The minimum atomic E-state index is 0.0582. The molecule has 2 aliphatic rings. The maximum Gasteiger partial charge on any atom is 0.259 e. The van der Waals surface area contributed by atoms with Crippen molar-refractivity contribution in [3.8, 4) is 11.4 Å².